The van der Waals surface area contributed by atoms with Gasteiger partial charge in [-0.3, -0.25) is 9.59 Å². The molecular formula is C51H89NO10. The first kappa shape index (κ1) is 57.4. The van der Waals surface area contributed by atoms with Crippen LogP contribution in [0, 0.1) is 0 Å². The quantitative estimate of drug-likeness (QED) is 0.0198. The van der Waals surface area contributed by atoms with Crippen molar-refractivity contribution in [3.05, 3.63) is 60.8 Å². The largest absolute Gasteiger partial charge is 0.466 e. The van der Waals surface area contributed by atoms with Gasteiger partial charge in [0, 0.05) is 12.8 Å². The summed E-state index contributed by atoms with van der Waals surface area (Å²) in [4.78, 5) is 25.0. The van der Waals surface area contributed by atoms with E-state index in [-0.39, 0.29) is 24.9 Å². The van der Waals surface area contributed by atoms with E-state index in [9.17, 15) is 35.1 Å². The molecule has 6 N–H and O–H groups in total. The van der Waals surface area contributed by atoms with Crippen LogP contribution in [-0.2, 0) is 23.8 Å². The van der Waals surface area contributed by atoms with Crippen molar-refractivity contribution in [1.82, 2.24) is 5.32 Å². The number of hydrogen-bond donors (Lipinski definition) is 6. The normalized spacial score (nSPS) is 20.7. The number of amides is 1. The fourth-order valence-corrected chi connectivity index (χ4v) is 7.01. The van der Waals surface area contributed by atoms with Gasteiger partial charge in [-0.25, -0.2) is 0 Å². The van der Waals surface area contributed by atoms with E-state index in [2.05, 4.69) is 67.8 Å². The van der Waals surface area contributed by atoms with Crippen molar-refractivity contribution in [3.8, 4) is 0 Å². The summed E-state index contributed by atoms with van der Waals surface area (Å²) in [6.07, 6.45) is 40.1. The monoisotopic (exact) mass is 876 g/mol. The van der Waals surface area contributed by atoms with Gasteiger partial charge in [-0.15, -0.1) is 0 Å². The Morgan fingerprint density at radius 1 is 0.581 bits per heavy atom. The van der Waals surface area contributed by atoms with Crippen LogP contribution in [0.1, 0.15) is 187 Å². The second kappa shape index (κ2) is 41.1. The van der Waals surface area contributed by atoms with Crippen molar-refractivity contribution in [2.45, 2.75) is 230 Å². The van der Waals surface area contributed by atoms with Crippen LogP contribution in [0.15, 0.2) is 60.8 Å². The number of unbranched alkanes of at least 4 members (excludes halogenated alkanes) is 18. The molecule has 62 heavy (non-hydrogen) atoms. The third kappa shape index (κ3) is 31.2. The van der Waals surface area contributed by atoms with Crippen molar-refractivity contribution in [3.63, 3.8) is 0 Å². The molecule has 7 unspecified atom stereocenters. The highest BCUT2D eigenvalue weighted by molar-refractivity contribution is 5.76. The number of esters is 1. The number of carbonyl (C=O) groups excluding carboxylic acids is 2. The molecule has 0 aliphatic carbocycles. The molecular weight excluding hydrogens is 787 g/mol. The predicted molar refractivity (Wildman–Crippen MR) is 250 cm³/mol. The summed E-state index contributed by atoms with van der Waals surface area (Å²) < 4.78 is 16.6. The molecule has 1 saturated heterocycles. The number of hydrogen-bond acceptors (Lipinski definition) is 10. The van der Waals surface area contributed by atoms with Crippen LogP contribution in [0.25, 0.3) is 0 Å². The van der Waals surface area contributed by atoms with Gasteiger partial charge in [0.05, 0.1) is 32.0 Å². The van der Waals surface area contributed by atoms with E-state index in [1.165, 1.54) is 57.8 Å². The molecule has 1 fully saturated rings. The number of rotatable bonds is 40. The summed E-state index contributed by atoms with van der Waals surface area (Å²) in [7, 11) is 0. The van der Waals surface area contributed by atoms with E-state index in [4.69, 9.17) is 14.2 Å². The summed E-state index contributed by atoms with van der Waals surface area (Å²) in [6.45, 7) is 4.09. The second-order valence-corrected chi connectivity index (χ2v) is 16.8. The van der Waals surface area contributed by atoms with Crippen molar-refractivity contribution in [2.75, 3.05) is 19.8 Å². The summed E-state index contributed by atoms with van der Waals surface area (Å²) in [5, 5.41) is 54.1. The van der Waals surface area contributed by atoms with Crippen LogP contribution in [0.2, 0.25) is 0 Å². The van der Waals surface area contributed by atoms with Gasteiger partial charge in [-0.05, 0) is 96.3 Å². The first-order valence-electron chi connectivity index (χ1n) is 24.6. The maximum atomic E-state index is 13.0. The van der Waals surface area contributed by atoms with Crippen LogP contribution in [0.3, 0.4) is 0 Å². The Morgan fingerprint density at radius 2 is 1.05 bits per heavy atom. The summed E-state index contributed by atoms with van der Waals surface area (Å²) in [6, 6.07) is -0.856. The van der Waals surface area contributed by atoms with Crippen LogP contribution in [0.5, 0.6) is 0 Å². The van der Waals surface area contributed by atoms with Gasteiger partial charge in [-0.1, -0.05) is 139 Å². The Bertz CT molecular complexity index is 1220. The van der Waals surface area contributed by atoms with Gasteiger partial charge in [0.2, 0.25) is 5.91 Å². The summed E-state index contributed by atoms with van der Waals surface area (Å²) >= 11 is 0. The van der Waals surface area contributed by atoms with E-state index in [0.29, 0.717) is 25.9 Å². The van der Waals surface area contributed by atoms with Crippen molar-refractivity contribution in [1.29, 1.82) is 0 Å². The average Bonchev–Trinajstić information content (AvgIpc) is 3.27. The zero-order valence-electron chi connectivity index (χ0n) is 38.8. The van der Waals surface area contributed by atoms with Crippen molar-refractivity contribution >= 4 is 11.9 Å². The van der Waals surface area contributed by atoms with E-state index < -0.39 is 49.5 Å². The molecule has 0 bridgehead atoms. The predicted octanol–water partition coefficient (Wildman–Crippen LogP) is 9.55. The summed E-state index contributed by atoms with van der Waals surface area (Å²) in [5.74, 6) is -0.302. The smallest absolute Gasteiger partial charge is 0.305 e. The van der Waals surface area contributed by atoms with Crippen molar-refractivity contribution < 1.29 is 49.3 Å². The fourth-order valence-electron chi connectivity index (χ4n) is 7.01. The van der Waals surface area contributed by atoms with Crippen LogP contribution in [0.4, 0.5) is 0 Å². The molecule has 11 nitrogen and oxygen atoms in total. The Kier molecular flexibility index (Phi) is 38.0. The lowest BCUT2D eigenvalue weighted by molar-refractivity contribution is -0.302. The lowest BCUT2D eigenvalue weighted by Crippen LogP contribution is -2.60. The second-order valence-electron chi connectivity index (χ2n) is 16.8. The Morgan fingerprint density at radius 3 is 1.60 bits per heavy atom. The average molecular weight is 876 g/mol. The van der Waals surface area contributed by atoms with Gasteiger partial charge < -0.3 is 45.1 Å². The first-order chi connectivity index (χ1) is 30.2. The fraction of sp³-hybridized carbons (Fsp3) is 0.765. The zero-order valence-corrected chi connectivity index (χ0v) is 38.8. The Balaban J connectivity index is 2.28. The number of aliphatic hydroxyl groups is 5. The Labute approximate surface area is 376 Å². The summed E-state index contributed by atoms with van der Waals surface area (Å²) in [5.41, 5.74) is 0. The third-order valence-electron chi connectivity index (χ3n) is 11.1. The van der Waals surface area contributed by atoms with Gasteiger partial charge in [-0.2, -0.15) is 0 Å². The van der Waals surface area contributed by atoms with Crippen LogP contribution >= 0.6 is 0 Å². The number of ether oxygens (including phenoxy) is 3. The third-order valence-corrected chi connectivity index (χ3v) is 11.1. The minimum atomic E-state index is -1.59. The van der Waals surface area contributed by atoms with Gasteiger partial charge in [0.1, 0.15) is 24.4 Å². The lowest BCUT2D eigenvalue weighted by Gasteiger charge is -2.40. The highest BCUT2D eigenvalue weighted by Gasteiger charge is 2.44. The molecule has 0 aromatic carbocycles. The molecule has 1 rings (SSSR count). The van der Waals surface area contributed by atoms with Crippen LogP contribution < -0.4 is 5.32 Å². The molecule has 0 radical (unpaired) electrons. The Hall–Kier alpha value is -2.64. The van der Waals surface area contributed by atoms with Gasteiger partial charge in [0.25, 0.3) is 0 Å². The minimum Gasteiger partial charge on any atom is -0.466 e. The molecule has 1 heterocycles. The molecule has 0 aromatic rings. The van der Waals surface area contributed by atoms with E-state index >= 15 is 0 Å². The molecule has 1 aliphatic heterocycles. The number of carbonyl (C=O) groups is 2. The minimum absolute atomic E-state index is 0.0720. The van der Waals surface area contributed by atoms with Crippen molar-refractivity contribution in [2.24, 2.45) is 0 Å². The topological polar surface area (TPSA) is 175 Å². The molecule has 358 valence electrons. The molecule has 0 saturated carbocycles. The highest BCUT2D eigenvalue weighted by Crippen LogP contribution is 2.22. The van der Waals surface area contributed by atoms with E-state index in [1.807, 2.05) is 6.08 Å². The standard InChI is InChI=1S/C51H89NO10/c1-3-5-7-9-11-13-15-18-21-25-29-33-37-44(54)43(42-61-51-50(59)49(58)48(57)45(41-53)62-51)52-46(55)38-34-30-26-22-19-16-20-24-28-32-36-40-60-47(56)39-35-31-27-23-17-14-12-10-8-6-4-2/h9-12,18,20-21,24,33,37,43-45,48-51,53-54,57-59H,3-8,13-17,19,22-23,25-32,34-36,38-42H2,1-2H3,(H,52,55)/b11-9+,12-10-,21-18+,24-20-,37-33+. The molecule has 11 heteroatoms. The van der Waals surface area contributed by atoms with E-state index in [1.54, 1.807) is 6.08 Å². The molecule has 1 aliphatic rings. The molecule has 0 aromatic heterocycles. The molecule has 0 spiro atoms. The maximum absolute atomic E-state index is 13.0. The lowest BCUT2D eigenvalue weighted by atomic mass is 9.99. The molecule has 1 amide bonds. The maximum Gasteiger partial charge on any atom is 0.305 e. The van der Waals surface area contributed by atoms with Gasteiger partial charge in [0.15, 0.2) is 6.29 Å². The highest BCUT2D eigenvalue weighted by atomic mass is 16.7. The van der Waals surface area contributed by atoms with Crippen LogP contribution in [-0.4, -0.2) is 100 Å². The number of nitrogens with one attached hydrogen (secondary N) is 1. The number of allylic oxidation sites excluding steroid dienone is 9. The molecule has 7 atom stereocenters. The number of aliphatic hydroxyl groups excluding tert-OH is 5. The first-order valence-corrected chi connectivity index (χ1v) is 24.6. The van der Waals surface area contributed by atoms with E-state index in [0.717, 1.165) is 89.9 Å². The zero-order chi connectivity index (χ0) is 45.3. The SMILES string of the molecule is CCCC/C=C\CCCCCCCC(=O)OCCCC/C=C\CCCCCCCC(=O)NC(COC1OC(CO)C(O)C(O)C1O)C(O)/C=C/CC/C=C/CC/C=C/CCCC. The van der Waals surface area contributed by atoms with Gasteiger partial charge >= 0.3 is 5.97 Å².